The van der Waals surface area contributed by atoms with Gasteiger partial charge in [0.05, 0.1) is 17.2 Å². The van der Waals surface area contributed by atoms with Crippen molar-refractivity contribution in [3.05, 3.63) is 92.5 Å². The maximum atomic E-state index is 12.6. The normalized spacial score (nSPS) is 20.0. The second kappa shape index (κ2) is 12.6. The number of likely N-dealkylation sites (N-methyl/N-ethyl adjacent to an activating group) is 1. The van der Waals surface area contributed by atoms with E-state index in [9.17, 15) is 4.79 Å². The summed E-state index contributed by atoms with van der Waals surface area (Å²) < 4.78 is 18.1. The maximum Gasteiger partial charge on any atom is 0.323 e. The maximum absolute atomic E-state index is 12.6. The van der Waals surface area contributed by atoms with Crippen LogP contribution in [0, 0.1) is 0 Å². The molecule has 0 spiro atoms. The highest BCUT2D eigenvalue weighted by molar-refractivity contribution is 6.42. The van der Waals surface area contributed by atoms with Crippen LogP contribution in [-0.4, -0.2) is 48.6 Å². The molecule has 218 valence electrons. The Labute approximate surface area is 253 Å². The Hall–Kier alpha value is -2.77. The summed E-state index contributed by atoms with van der Waals surface area (Å²) in [5, 5.41) is 1.06. The van der Waals surface area contributed by atoms with Gasteiger partial charge in [0.15, 0.2) is 0 Å². The van der Waals surface area contributed by atoms with Gasteiger partial charge in [-0.25, -0.2) is 0 Å². The molecule has 2 aliphatic rings. The second-order valence-corrected chi connectivity index (χ2v) is 12.1. The molecule has 0 N–H and O–H groups in total. The van der Waals surface area contributed by atoms with E-state index in [1.54, 1.807) is 6.07 Å². The van der Waals surface area contributed by atoms with Gasteiger partial charge in [0.2, 0.25) is 0 Å². The molecule has 3 aromatic carbocycles. The second-order valence-electron chi connectivity index (χ2n) is 11.3. The van der Waals surface area contributed by atoms with Gasteiger partial charge in [0.1, 0.15) is 29.7 Å². The first-order chi connectivity index (χ1) is 19.7. The largest absolute Gasteiger partial charge is 0.486 e. The van der Waals surface area contributed by atoms with E-state index in [0.717, 1.165) is 47.7 Å². The van der Waals surface area contributed by atoms with E-state index in [1.165, 1.54) is 18.2 Å². The lowest BCUT2D eigenvalue weighted by molar-refractivity contribution is -0.148. The van der Waals surface area contributed by atoms with Crippen molar-refractivity contribution in [3.8, 4) is 11.5 Å². The first-order valence-corrected chi connectivity index (χ1v) is 15.0. The first kappa shape index (κ1) is 29.7. The number of benzene rings is 3. The van der Waals surface area contributed by atoms with Crippen molar-refractivity contribution in [2.45, 2.75) is 71.0 Å². The monoisotopic (exact) mass is 596 g/mol. The van der Waals surface area contributed by atoms with Crippen molar-refractivity contribution < 1.29 is 19.0 Å². The summed E-state index contributed by atoms with van der Waals surface area (Å²) in [5.74, 6) is 1.52. The molecule has 2 aliphatic heterocycles. The quantitative estimate of drug-likeness (QED) is 0.265. The van der Waals surface area contributed by atoms with Crippen molar-refractivity contribution >= 4 is 29.2 Å². The number of esters is 1. The topological polar surface area (TPSA) is 51.2 Å². The zero-order valence-electron chi connectivity index (χ0n) is 24.3. The van der Waals surface area contributed by atoms with E-state index >= 15 is 0 Å². The van der Waals surface area contributed by atoms with Gasteiger partial charge in [0, 0.05) is 31.2 Å². The van der Waals surface area contributed by atoms with Gasteiger partial charge in [-0.15, -0.1) is 0 Å². The third-order valence-corrected chi connectivity index (χ3v) is 8.83. The fourth-order valence-corrected chi connectivity index (χ4v) is 6.15. The summed E-state index contributed by atoms with van der Waals surface area (Å²) in [6, 6.07) is 18.2. The predicted molar refractivity (Wildman–Crippen MR) is 163 cm³/mol. The molecule has 6 nitrogen and oxygen atoms in total. The van der Waals surface area contributed by atoms with Crippen molar-refractivity contribution in [1.29, 1.82) is 0 Å². The highest BCUT2D eigenvalue weighted by Gasteiger charge is 2.35. The van der Waals surface area contributed by atoms with Gasteiger partial charge in [0.25, 0.3) is 0 Å². The van der Waals surface area contributed by atoms with E-state index in [1.807, 2.05) is 24.3 Å². The zero-order chi connectivity index (χ0) is 29.3. The van der Waals surface area contributed by atoms with Gasteiger partial charge in [-0.3, -0.25) is 14.6 Å². The molecule has 5 rings (SSSR count). The van der Waals surface area contributed by atoms with Crippen LogP contribution < -0.4 is 9.47 Å². The minimum absolute atomic E-state index is 0.127. The van der Waals surface area contributed by atoms with Crippen LogP contribution in [0.3, 0.4) is 0 Å². The summed E-state index contributed by atoms with van der Waals surface area (Å²) in [5.41, 5.74) is 5.63. The van der Waals surface area contributed by atoms with Crippen LogP contribution in [-0.2, 0) is 29.0 Å². The number of nitrogens with zero attached hydrogens (tertiary/aromatic N) is 2. The minimum atomic E-state index is -0.271. The van der Waals surface area contributed by atoms with E-state index in [2.05, 4.69) is 61.9 Å². The average molecular weight is 598 g/mol. The van der Waals surface area contributed by atoms with E-state index < -0.39 is 0 Å². The van der Waals surface area contributed by atoms with Gasteiger partial charge >= 0.3 is 5.97 Å². The summed E-state index contributed by atoms with van der Waals surface area (Å²) in [6.45, 7) is 8.54. The average Bonchev–Trinajstić information content (AvgIpc) is 3.12. The third-order valence-electron chi connectivity index (χ3n) is 8.09. The molecule has 0 amide bonds. The third kappa shape index (κ3) is 6.51. The molecule has 0 bridgehead atoms. The number of fused-ring (bicyclic) bond motifs is 2. The number of ether oxygens (including phenoxy) is 3. The number of hydrogen-bond acceptors (Lipinski definition) is 6. The van der Waals surface area contributed by atoms with Crippen LogP contribution in [0.15, 0.2) is 54.6 Å². The van der Waals surface area contributed by atoms with E-state index in [0.29, 0.717) is 23.0 Å². The zero-order valence-corrected chi connectivity index (χ0v) is 25.8. The number of rotatable bonds is 7. The number of hydrogen-bond donors (Lipinski definition) is 0. The lowest BCUT2D eigenvalue weighted by atomic mass is 9.90. The van der Waals surface area contributed by atoms with E-state index in [-0.39, 0.29) is 30.3 Å². The summed E-state index contributed by atoms with van der Waals surface area (Å²) in [4.78, 5) is 17.1. The van der Waals surface area contributed by atoms with Gasteiger partial charge in [-0.1, -0.05) is 54.4 Å². The predicted octanol–water partition coefficient (Wildman–Crippen LogP) is 7.40. The Morgan fingerprint density at radius 2 is 1.76 bits per heavy atom. The summed E-state index contributed by atoms with van der Waals surface area (Å²) in [7, 11) is 3.58. The fourth-order valence-electron chi connectivity index (χ4n) is 5.85. The standard InChI is InChI=1S/C33H38Cl2N2O4/c1-6-30(22-9-12-27(34)28(35)14-22)40-26-10-7-21(8-11-26)32-19-36(4)17-25-13-23-15-29(33(38)39-5)37(20(2)3)18-24(23)16-31(25)41-32/h7-14,16,20,29-30,32H,6,15,17-19H2,1-5H3/t29-,30+,32+/m0/s1. The fraction of sp³-hybridized carbons (Fsp3) is 0.424. The summed E-state index contributed by atoms with van der Waals surface area (Å²) >= 11 is 12.3. The number of methoxy groups -OCH3 is 1. The lowest BCUT2D eigenvalue weighted by Gasteiger charge is -2.38. The molecular formula is C33H38Cl2N2O4. The number of carbonyl (C=O) groups excluding carboxylic acids is 1. The molecule has 8 heteroatoms. The van der Waals surface area contributed by atoms with Gasteiger partial charge < -0.3 is 14.2 Å². The van der Waals surface area contributed by atoms with Crippen molar-refractivity contribution in [2.24, 2.45) is 0 Å². The molecular weight excluding hydrogens is 559 g/mol. The molecule has 0 aliphatic carbocycles. The van der Waals surface area contributed by atoms with Crippen LogP contribution in [0.5, 0.6) is 11.5 Å². The molecule has 0 radical (unpaired) electrons. The Balaban J connectivity index is 1.35. The molecule has 0 unspecified atom stereocenters. The van der Waals surface area contributed by atoms with Crippen LogP contribution in [0.2, 0.25) is 10.0 Å². The smallest absolute Gasteiger partial charge is 0.323 e. The Morgan fingerprint density at radius 3 is 2.41 bits per heavy atom. The van der Waals surface area contributed by atoms with Crippen LogP contribution >= 0.6 is 23.2 Å². The Bertz CT molecular complexity index is 1390. The Kier molecular flexibility index (Phi) is 9.15. The molecule has 0 saturated heterocycles. The lowest BCUT2D eigenvalue weighted by Crippen LogP contribution is -2.49. The molecule has 3 atom stereocenters. The van der Waals surface area contributed by atoms with Crippen molar-refractivity contribution in [2.75, 3.05) is 20.7 Å². The molecule has 41 heavy (non-hydrogen) atoms. The Morgan fingerprint density at radius 1 is 1.00 bits per heavy atom. The molecule has 0 saturated carbocycles. The minimum Gasteiger partial charge on any atom is -0.486 e. The highest BCUT2D eigenvalue weighted by Crippen LogP contribution is 2.37. The molecule has 0 fully saturated rings. The highest BCUT2D eigenvalue weighted by atomic mass is 35.5. The van der Waals surface area contributed by atoms with Crippen molar-refractivity contribution in [3.63, 3.8) is 0 Å². The molecule has 3 aromatic rings. The summed E-state index contributed by atoms with van der Waals surface area (Å²) in [6.07, 6.45) is 1.19. The van der Waals surface area contributed by atoms with E-state index in [4.69, 9.17) is 37.4 Å². The first-order valence-electron chi connectivity index (χ1n) is 14.2. The number of halogens is 2. The molecule has 2 heterocycles. The van der Waals surface area contributed by atoms with Crippen LogP contribution in [0.25, 0.3) is 0 Å². The van der Waals surface area contributed by atoms with Crippen LogP contribution in [0.1, 0.15) is 67.2 Å². The number of carbonyl (C=O) groups is 1. The molecule has 0 aromatic heterocycles. The van der Waals surface area contributed by atoms with Crippen molar-refractivity contribution in [1.82, 2.24) is 9.80 Å². The van der Waals surface area contributed by atoms with Gasteiger partial charge in [-0.05, 0) is 86.3 Å². The van der Waals surface area contributed by atoms with Gasteiger partial charge in [-0.2, -0.15) is 0 Å². The SMILES string of the molecule is CC[C@@H](Oc1ccc([C@H]2CN(C)Cc3cc4c(cc3O2)CN(C(C)C)[C@H](C(=O)OC)C4)cc1)c1ccc(Cl)c(Cl)c1. The van der Waals surface area contributed by atoms with Crippen LogP contribution in [0.4, 0.5) is 0 Å².